The summed E-state index contributed by atoms with van der Waals surface area (Å²) in [7, 11) is 2.13. The minimum Gasteiger partial charge on any atom is -0.380 e. The third-order valence-electron chi connectivity index (χ3n) is 3.79. The molecule has 0 fully saturated rings. The van der Waals surface area contributed by atoms with Crippen molar-refractivity contribution in [3.8, 4) is 0 Å². The zero-order valence-corrected chi connectivity index (χ0v) is 14.7. The first kappa shape index (κ1) is 15.0. The summed E-state index contributed by atoms with van der Waals surface area (Å²) in [5.74, 6) is 0. The summed E-state index contributed by atoms with van der Waals surface area (Å²) in [6, 6.07) is 10.4. The van der Waals surface area contributed by atoms with Crippen LogP contribution in [-0.4, -0.2) is 13.6 Å². The summed E-state index contributed by atoms with van der Waals surface area (Å²) in [6.45, 7) is 1.83. The molecule has 0 bridgehead atoms. The highest BCUT2D eigenvalue weighted by molar-refractivity contribution is 9.10. The molecule has 0 radical (unpaired) electrons. The lowest BCUT2D eigenvalue weighted by Gasteiger charge is -2.13. The molecule has 21 heavy (non-hydrogen) atoms. The molecule has 1 heterocycles. The molecule has 0 spiro atoms. The van der Waals surface area contributed by atoms with Gasteiger partial charge in [0.15, 0.2) is 0 Å². The number of halogens is 3. The number of nitrogens with one attached hydrogen (secondary N) is 1. The van der Waals surface area contributed by atoms with Crippen molar-refractivity contribution in [2.24, 2.45) is 0 Å². The van der Waals surface area contributed by atoms with Crippen molar-refractivity contribution >= 4 is 50.5 Å². The highest BCUT2D eigenvalue weighted by atomic mass is 79.9. The lowest BCUT2D eigenvalue weighted by molar-refractivity contribution is 0.955. The zero-order valence-electron chi connectivity index (χ0n) is 11.6. The number of hydrogen-bond donors (Lipinski definition) is 1. The fourth-order valence-corrected chi connectivity index (χ4v) is 3.43. The van der Waals surface area contributed by atoms with Crippen LogP contribution in [0.4, 0.5) is 11.4 Å². The van der Waals surface area contributed by atoms with Gasteiger partial charge in [0.2, 0.25) is 0 Å². The van der Waals surface area contributed by atoms with Crippen molar-refractivity contribution in [3.63, 3.8) is 0 Å². The Morgan fingerprint density at radius 3 is 2.81 bits per heavy atom. The van der Waals surface area contributed by atoms with Gasteiger partial charge >= 0.3 is 0 Å². The molecule has 0 amide bonds. The topological polar surface area (TPSA) is 15.3 Å². The molecule has 0 unspecified atom stereocenters. The van der Waals surface area contributed by atoms with Crippen LogP contribution in [0.25, 0.3) is 0 Å². The van der Waals surface area contributed by atoms with E-state index in [4.69, 9.17) is 23.2 Å². The van der Waals surface area contributed by atoms with E-state index in [1.807, 2.05) is 12.1 Å². The van der Waals surface area contributed by atoms with Gasteiger partial charge < -0.3 is 10.2 Å². The number of fused-ring (bicyclic) bond motifs is 1. The van der Waals surface area contributed by atoms with Crippen molar-refractivity contribution in [1.82, 2.24) is 0 Å². The molecular weight excluding hydrogens is 371 g/mol. The quantitative estimate of drug-likeness (QED) is 0.715. The molecule has 1 N–H and O–H groups in total. The van der Waals surface area contributed by atoms with E-state index in [1.54, 1.807) is 0 Å². The minimum absolute atomic E-state index is 0.539. The summed E-state index contributed by atoms with van der Waals surface area (Å²) >= 11 is 15.7. The molecular formula is C16H15BrCl2N2. The molecule has 0 saturated carbocycles. The van der Waals surface area contributed by atoms with Gasteiger partial charge in [-0.15, -0.1) is 0 Å². The van der Waals surface area contributed by atoms with Gasteiger partial charge in [-0.3, -0.25) is 0 Å². The predicted octanol–water partition coefficient (Wildman–Crippen LogP) is 5.36. The van der Waals surface area contributed by atoms with E-state index in [-0.39, 0.29) is 0 Å². The van der Waals surface area contributed by atoms with E-state index >= 15 is 0 Å². The molecule has 0 atom stereocenters. The van der Waals surface area contributed by atoms with Gasteiger partial charge in [0.1, 0.15) is 0 Å². The van der Waals surface area contributed by atoms with Crippen molar-refractivity contribution in [2.45, 2.75) is 13.0 Å². The van der Waals surface area contributed by atoms with Crippen LogP contribution in [0.5, 0.6) is 0 Å². The maximum Gasteiger partial charge on any atom is 0.0835 e. The lowest BCUT2D eigenvalue weighted by atomic mass is 10.1. The number of hydrogen-bond acceptors (Lipinski definition) is 2. The average Bonchev–Trinajstić information content (AvgIpc) is 2.85. The van der Waals surface area contributed by atoms with Crippen LogP contribution in [-0.2, 0) is 13.0 Å². The van der Waals surface area contributed by atoms with E-state index in [0.717, 1.165) is 29.7 Å². The zero-order chi connectivity index (χ0) is 15.0. The average molecular weight is 386 g/mol. The number of rotatable bonds is 3. The van der Waals surface area contributed by atoms with E-state index in [1.165, 1.54) is 16.8 Å². The number of benzene rings is 2. The summed E-state index contributed by atoms with van der Waals surface area (Å²) in [6.07, 6.45) is 1.12. The molecule has 1 aliphatic rings. The third kappa shape index (κ3) is 3.01. The summed E-state index contributed by atoms with van der Waals surface area (Å²) in [5, 5.41) is 4.44. The van der Waals surface area contributed by atoms with Gasteiger partial charge in [0, 0.05) is 30.3 Å². The second-order valence-corrected chi connectivity index (χ2v) is 6.82. The van der Waals surface area contributed by atoms with E-state index < -0.39 is 0 Å². The second-order valence-electron chi connectivity index (χ2n) is 5.21. The first-order valence-electron chi connectivity index (χ1n) is 6.76. The molecule has 0 aromatic heterocycles. The SMILES string of the molecule is CN1CCc2cc(CNc3ccc(Br)c(Cl)c3Cl)ccc21. The molecule has 0 saturated heterocycles. The van der Waals surface area contributed by atoms with Crippen LogP contribution >= 0.6 is 39.1 Å². The Kier molecular flexibility index (Phi) is 4.34. The first-order chi connectivity index (χ1) is 10.1. The molecule has 2 aromatic rings. The first-order valence-corrected chi connectivity index (χ1v) is 8.31. The Balaban J connectivity index is 1.75. The largest absolute Gasteiger partial charge is 0.380 e. The van der Waals surface area contributed by atoms with E-state index in [9.17, 15) is 0 Å². The van der Waals surface area contributed by atoms with Crippen LogP contribution in [0, 0.1) is 0 Å². The third-order valence-corrected chi connectivity index (χ3v) is 5.56. The van der Waals surface area contributed by atoms with Crippen molar-refractivity contribution in [1.29, 1.82) is 0 Å². The van der Waals surface area contributed by atoms with Gasteiger partial charge in [-0.25, -0.2) is 0 Å². The number of likely N-dealkylation sites (N-methyl/N-ethyl adjacent to an activating group) is 1. The molecule has 1 aliphatic heterocycles. The molecule has 0 aliphatic carbocycles. The van der Waals surface area contributed by atoms with Gasteiger partial charge in [-0.05, 0) is 51.7 Å². The number of nitrogens with zero attached hydrogens (tertiary/aromatic N) is 1. The highest BCUT2D eigenvalue weighted by Gasteiger charge is 2.15. The Labute approximate surface area is 143 Å². The molecule has 3 rings (SSSR count). The predicted molar refractivity (Wildman–Crippen MR) is 94.9 cm³/mol. The normalized spacial score (nSPS) is 13.4. The van der Waals surface area contributed by atoms with Gasteiger partial charge in [0.25, 0.3) is 0 Å². The molecule has 5 heteroatoms. The van der Waals surface area contributed by atoms with E-state index in [0.29, 0.717) is 10.0 Å². The molecule has 2 aromatic carbocycles. The lowest BCUT2D eigenvalue weighted by Crippen LogP contribution is -2.12. The highest BCUT2D eigenvalue weighted by Crippen LogP contribution is 2.36. The van der Waals surface area contributed by atoms with Crippen LogP contribution in [0.1, 0.15) is 11.1 Å². The number of anilines is 2. The van der Waals surface area contributed by atoms with E-state index in [2.05, 4.69) is 51.4 Å². The van der Waals surface area contributed by atoms with Gasteiger partial charge in [-0.1, -0.05) is 35.3 Å². The van der Waals surface area contributed by atoms with Crippen molar-refractivity contribution in [2.75, 3.05) is 23.8 Å². The summed E-state index contributed by atoms with van der Waals surface area (Å²) in [5.41, 5.74) is 4.85. The van der Waals surface area contributed by atoms with Gasteiger partial charge in [-0.2, -0.15) is 0 Å². The van der Waals surface area contributed by atoms with Crippen molar-refractivity contribution < 1.29 is 0 Å². The standard InChI is InChI=1S/C16H15BrCl2N2/c1-21-7-6-11-8-10(2-5-14(11)21)9-20-13-4-3-12(17)15(18)16(13)19/h2-5,8,20H,6-7,9H2,1H3. The monoisotopic (exact) mass is 384 g/mol. The van der Waals surface area contributed by atoms with Crippen LogP contribution in [0.3, 0.4) is 0 Å². The fourth-order valence-electron chi connectivity index (χ4n) is 2.59. The van der Waals surface area contributed by atoms with Crippen LogP contribution in [0.15, 0.2) is 34.8 Å². The van der Waals surface area contributed by atoms with Gasteiger partial charge in [0.05, 0.1) is 15.7 Å². The van der Waals surface area contributed by atoms with Crippen LogP contribution in [0.2, 0.25) is 10.0 Å². The smallest absolute Gasteiger partial charge is 0.0835 e. The fraction of sp³-hybridized carbons (Fsp3) is 0.250. The summed E-state index contributed by atoms with van der Waals surface area (Å²) < 4.78 is 0.806. The van der Waals surface area contributed by atoms with Crippen LogP contribution < -0.4 is 10.2 Å². The Bertz CT molecular complexity index is 688. The minimum atomic E-state index is 0.539. The summed E-state index contributed by atoms with van der Waals surface area (Å²) in [4.78, 5) is 2.29. The second kappa shape index (κ2) is 6.07. The Hall–Kier alpha value is -0.900. The molecule has 2 nitrogen and oxygen atoms in total. The Morgan fingerprint density at radius 1 is 1.19 bits per heavy atom. The van der Waals surface area contributed by atoms with Crippen molar-refractivity contribution in [3.05, 3.63) is 56.0 Å². The maximum absolute atomic E-state index is 6.25. The molecule has 110 valence electrons. The Morgan fingerprint density at radius 2 is 2.00 bits per heavy atom. The maximum atomic E-state index is 6.25.